The van der Waals surface area contributed by atoms with E-state index >= 15 is 0 Å². The number of carbonyl (C=O) groups is 1. The summed E-state index contributed by atoms with van der Waals surface area (Å²) in [4.78, 5) is 13.2. The maximum atomic E-state index is 13.3. The van der Waals surface area contributed by atoms with E-state index in [0.717, 1.165) is 4.88 Å². The van der Waals surface area contributed by atoms with Gasteiger partial charge >= 0.3 is 0 Å². The van der Waals surface area contributed by atoms with Crippen LogP contribution >= 0.6 is 22.9 Å². The van der Waals surface area contributed by atoms with E-state index in [2.05, 4.69) is 17.2 Å². The predicted octanol–water partition coefficient (Wildman–Crippen LogP) is 3.10. The monoisotopic (exact) mass is 308 g/mol. The van der Waals surface area contributed by atoms with Gasteiger partial charge in [-0.2, -0.15) is 0 Å². The van der Waals surface area contributed by atoms with Crippen LogP contribution in [-0.4, -0.2) is 12.5 Å². The Bertz CT molecular complexity index is 703. The molecule has 3 nitrogen and oxygen atoms in total. The fraction of sp³-hybridized carbons (Fsp3) is 0.0714. The number of hydrogen-bond donors (Lipinski definition) is 2. The molecule has 0 bridgehead atoms. The highest BCUT2D eigenvalue weighted by Gasteiger charge is 2.10. The van der Waals surface area contributed by atoms with Gasteiger partial charge in [-0.3, -0.25) is 4.79 Å². The Kier molecular flexibility index (Phi) is 4.74. The maximum absolute atomic E-state index is 13.3. The van der Waals surface area contributed by atoms with E-state index in [1.165, 1.54) is 29.5 Å². The molecule has 1 amide bonds. The minimum atomic E-state index is -0.579. The summed E-state index contributed by atoms with van der Waals surface area (Å²) in [5, 5.41) is 2.61. The van der Waals surface area contributed by atoms with Crippen molar-refractivity contribution in [3.05, 3.63) is 50.9 Å². The second-order valence-corrected chi connectivity index (χ2v) is 5.24. The van der Waals surface area contributed by atoms with Gasteiger partial charge in [0, 0.05) is 5.69 Å². The van der Waals surface area contributed by atoms with Crippen LogP contribution in [0.2, 0.25) is 5.02 Å². The van der Waals surface area contributed by atoms with Crippen molar-refractivity contribution in [1.82, 2.24) is 0 Å². The first-order valence-corrected chi connectivity index (χ1v) is 6.85. The lowest BCUT2D eigenvalue weighted by molar-refractivity contribution is 0.103. The number of nitrogens with one attached hydrogen (secondary N) is 1. The van der Waals surface area contributed by atoms with Gasteiger partial charge in [-0.05, 0) is 30.3 Å². The molecule has 0 spiro atoms. The third kappa shape index (κ3) is 3.58. The van der Waals surface area contributed by atoms with E-state index in [1.807, 2.05) is 0 Å². The molecule has 0 unspecified atom stereocenters. The highest BCUT2D eigenvalue weighted by molar-refractivity contribution is 7.14. The summed E-state index contributed by atoms with van der Waals surface area (Å²) in [6.45, 7) is 0.267. The van der Waals surface area contributed by atoms with Crippen LogP contribution < -0.4 is 11.1 Å². The van der Waals surface area contributed by atoms with E-state index in [4.69, 9.17) is 17.3 Å². The van der Waals surface area contributed by atoms with Crippen LogP contribution in [0.1, 0.15) is 14.5 Å². The Morgan fingerprint density at radius 2 is 2.20 bits per heavy atom. The first-order valence-electron chi connectivity index (χ1n) is 5.65. The van der Waals surface area contributed by atoms with Crippen molar-refractivity contribution >= 4 is 34.5 Å². The van der Waals surface area contributed by atoms with E-state index in [1.54, 1.807) is 12.1 Å². The first kappa shape index (κ1) is 14.5. The molecule has 0 atom stereocenters. The molecule has 0 saturated carbocycles. The Morgan fingerprint density at radius 1 is 1.40 bits per heavy atom. The summed E-state index contributed by atoms with van der Waals surface area (Å²) in [7, 11) is 0. The molecule has 0 aliphatic heterocycles. The Morgan fingerprint density at radius 3 is 2.90 bits per heavy atom. The fourth-order valence-electron chi connectivity index (χ4n) is 1.43. The SMILES string of the molecule is NCC#Cc1ccc(C(=O)Nc2ccc(Cl)c(F)c2)s1. The maximum Gasteiger partial charge on any atom is 0.265 e. The normalized spacial score (nSPS) is 9.75. The largest absolute Gasteiger partial charge is 0.321 e. The zero-order chi connectivity index (χ0) is 14.5. The lowest BCUT2D eigenvalue weighted by Crippen LogP contribution is -2.10. The number of benzene rings is 1. The van der Waals surface area contributed by atoms with Crippen molar-refractivity contribution in [3.8, 4) is 11.8 Å². The molecule has 0 radical (unpaired) electrons. The quantitative estimate of drug-likeness (QED) is 0.838. The standard InChI is InChI=1S/C14H10ClFN2OS/c15-11-5-3-9(8-12(11)16)18-14(19)13-6-4-10(20-13)2-1-7-17/h3-6,8H,7,17H2,(H,18,19). The summed E-state index contributed by atoms with van der Waals surface area (Å²) >= 11 is 6.82. The summed E-state index contributed by atoms with van der Waals surface area (Å²) in [5.41, 5.74) is 5.62. The van der Waals surface area contributed by atoms with Crippen LogP contribution in [0.4, 0.5) is 10.1 Å². The van der Waals surface area contributed by atoms with Gasteiger partial charge in [0.1, 0.15) is 5.82 Å². The summed E-state index contributed by atoms with van der Waals surface area (Å²) in [6, 6.07) is 7.49. The topological polar surface area (TPSA) is 55.1 Å². The minimum Gasteiger partial charge on any atom is -0.321 e. The molecule has 20 heavy (non-hydrogen) atoms. The van der Waals surface area contributed by atoms with Gasteiger partial charge in [-0.25, -0.2) is 4.39 Å². The molecule has 0 fully saturated rings. The smallest absolute Gasteiger partial charge is 0.265 e. The van der Waals surface area contributed by atoms with Gasteiger partial charge in [-0.1, -0.05) is 23.4 Å². The lowest BCUT2D eigenvalue weighted by Gasteiger charge is -2.04. The molecule has 0 saturated heterocycles. The first-order chi connectivity index (χ1) is 9.60. The van der Waals surface area contributed by atoms with E-state index in [-0.39, 0.29) is 17.5 Å². The van der Waals surface area contributed by atoms with Crippen molar-refractivity contribution in [2.75, 3.05) is 11.9 Å². The van der Waals surface area contributed by atoms with Gasteiger partial charge in [0.25, 0.3) is 5.91 Å². The highest BCUT2D eigenvalue weighted by atomic mass is 35.5. The zero-order valence-electron chi connectivity index (χ0n) is 10.2. The third-order valence-corrected chi connectivity index (χ3v) is 3.63. The Hall–Kier alpha value is -1.87. The van der Waals surface area contributed by atoms with Crippen molar-refractivity contribution in [1.29, 1.82) is 0 Å². The Balaban J connectivity index is 2.11. The number of carbonyl (C=O) groups excluding carboxylic acids is 1. The second-order valence-electron chi connectivity index (χ2n) is 3.75. The predicted molar refractivity (Wildman–Crippen MR) is 79.6 cm³/mol. The van der Waals surface area contributed by atoms with E-state index < -0.39 is 5.82 Å². The average molecular weight is 309 g/mol. The molecular weight excluding hydrogens is 299 g/mol. The van der Waals surface area contributed by atoms with Crippen molar-refractivity contribution < 1.29 is 9.18 Å². The molecule has 102 valence electrons. The van der Waals surface area contributed by atoms with E-state index in [0.29, 0.717) is 10.6 Å². The number of amides is 1. The number of rotatable bonds is 2. The molecule has 2 rings (SSSR count). The van der Waals surface area contributed by atoms with Gasteiger partial charge in [0.15, 0.2) is 0 Å². The lowest BCUT2D eigenvalue weighted by atomic mass is 10.3. The molecule has 6 heteroatoms. The van der Waals surface area contributed by atoms with Crippen LogP contribution in [0.25, 0.3) is 0 Å². The summed E-state index contributed by atoms with van der Waals surface area (Å²) in [6.07, 6.45) is 0. The molecular formula is C14H10ClFN2OS. The van der Waals surface area contributed by atoms with Crippen LogP contribution in [0.15, 0.2) is 30.3 Å². The van der Waals surface area contributed by atoms with Crippen molar-refractivity contribution in [2.24, 2.45) is 5.73 Å². The second kappa shape index (κ2) is 6.53. The van der Waals surface area contributed by atoms with Crippen LogP contribution in [-0.2, 0) is 0 Å². The van der Waals surface area contributed by atoms with E-state index in [9.17, 15) is 9.18 Å². The van der Waals surface area contributed by atoms with Gasteiger partial charge < -0.3 is 11.1 Å². The molecule has 0 aliphatic carbocycles. The molecule has 2 aromatic rings. The van der Waals surface area contributed by atoms with Crippen molar-refractivity contribution in [3.63, 3.8) is 0 Å². The minimum absolute atomic E-state index is 0.0125. The van der Waals surface area contributed by atoms with Crippen LogP contribution in [0.3, 0.4) is 0 Å². The molecule has 0 aliphatic rings. The van der Waals surface area contributed by atoms with Crippen molar-refractivity contribution in [2.45, 2.75) is 0 Å². The van der Waals surface area contributed by atoms with Gasteiger partial charge in [0.2, 0.25) is 0 Å². The van der Waals surface area contributed by atoms with Crippen LogP contribution in [0, 0.1) is 17.7 Å². The Labute approximate surface area is 124 Å². The fourth-order valence-corrected chi connectivity index (χ4v) is 2.33. The molecule has 3 N–H and O–H groups in total. The number of halogens is 2. The number of nitrogens with two attached hydrogens (primary N) is 1. The van der Waals surface area contributed by atoms with Gasteiger partial charge in [0.05, 0.1) is 21.3 Å². The number of anilines is 1. The number of hydrogen-bond acceptors (Lipinski definition) is 3. The highest BCUT2D eigenvalue weighted by Crippen LogP contribution is 2.21. The molecule has 1 aromatic carbocycles. The molecule has 1 aromatic heterocycles. The average Bonchev–Trinajstić information content (AvgIpc) is 2.89. The summed E-state index contributed by atoms with van der Waals surface area (Å²) in [5.74, 6) is 4.66. The summed E-state index contributed by atoms with van der Waals surface area (Å²) < 4.78 is 13.3. The zero-order valence-corrected chi connectivity index (χ0v) is 11.8. The molecule has 1 heterocycles. The van der Waals surface area contributed by atoms with Gasteiger partial charge in [-0.15, -0.1) is 11.3 Å². The third-order valence-electron chi connectivity index (χ3n) is 2.32. The van der Waals surface area contributed by atoms with Crippen LogP contribution in [0.5, 0.6) is 0 Å². The number of thiophene rings is 1.